The van der Waals surface area contributed by atoms with Gasteiger partial charge in [0.15, 0.2) is 15.6 Å². The van der Waals surface area contributed by atoms with Crippen molar-refractivity contribution in [3.63, 3.8) is 0 Å². The van der Waals surface area contributed by atoms with Gasteiger partial charge < -0.3 is 4.74 Å². The van der Waals surface area contributed by atoms with Crippen LogP contribution in [0.2, 0.25) is 5.02 Å². The van der Waals surface area contributed by atoms with Crippen molar-refractivity contribution < 1.29 is 13.2 Å². The number of allylic oxidation sites excluding steroid dienone is 1. The molecule has 1 aromatic heterocycles. The van der Waals surface area contributed by atoms with Gasteiger partial charge in [-0.1, -0.05) is 35.4 Å². The third kappa shape index (κ3) is 4.98. The van der Waals surface area contributed by atoms with Crippen molar-refractivity contribution in [3.05, 3.63) is 81.8 Å². The third-order valence-corrected chi connectivity index (χ3v) is 5.66. The highest BCUT2D eigenvalue weighted by atomic mass is 35.5. The summed E-state index contributed by atoms with van der Waals surface area (Å²) in [5.74, 6) is 0.120. The van der Waals surface area contributed by atoms with E-state index in [0.29, 0.717) is 21.8 Å². The van der Waals surface area contributed by atoms with Crippen LogP contribution in [0.4, 0.5) is 0 Å². The molecule has 6 nitrogen and oxygen atoms in total. The summed E-state index contributed by atoms with van der Waals surface area (Å²) in [7, 11) is -3.32. The Labute approximate surface area is 180 Å². The SMILES string of the molecule is CC(C)=CCOc1c(-c2ccc(S(C)(=O)=O)cc2)cnn(-c2cccc(Cl)c2)c1=O. The summed E-state index contributed by atoms with van der Waals surface area (Å²) in [5.41, 5.74) is 2.22. The number of halogens is 1. The first-order valence-corrected chi connectivity index (χ1v) is 11.4. The van der Waals surface area contributed by atoms with Gasteiger partial charge in [-0.25, -0.2) is 8.42 Å². The zero-order valence-electron chi connectivity index (χ0n) is 16.8. The highest BCUT2D eigenvalue weighted by Crippen LogP contribution is 2.28. The molecule has 0 saturated heterocycles. The second-order valence-corrected chi connectivity index (χ2v) is 9.43. The Morgan fingerprint density at radius 1 is 1.17 bits per heavy atom. The molecule has 30 heavy (non-hydrogen) atoms. The summed E-state index contributed by atoms with van der Waals surface area (Å²) >= 11 is 6.05. The first-order chi connectivity index (χ1) is 14.2. The van der Waals surface area contributed by atoms with Crippen LogP contribution < -0.4 is 10.3 Å². The number of aromatic nitrogens is 2. The predicted octanol–water partition coefficient (Wildman–Crippen LogP) is 4.30. The van der Waals surface area contributed by atoms with E-state index in [0.717, 1.165) is 11.8 Å². The maximum Gasteiger partial charge on any atom is 0.314 e. The van der Waals surface area contributed by atoms with Gasteiger partial charge >= 0.3 is 5.56 Å². The van der Waals surface area contributed by atoms with Gasteiger partial charge in [-0.3, -0.25) is 4.79 Å². The standard InChI is InChI=1S/C22H21ClN2O4S/c1-15(2)11-12-29-21-20(16-7-9-19(10-8-16)30(3,27)28)14-24-25(22(21)26)18-6-4-5-17(23)13-18/h4-11,13-14H,12H2,1-3H3. The van der Waals surface area contributed by atoms with E-state index in [9.17, 15) is 13.2 Å². The lowest BCUT2D eigenvalue weighted by atomic mass is 10.1. The minimum atomic E-state index is -3.32. The normalized spacial score (nSPS) is 11.2. The van der Waals surface area contributed by atoms with Gasteiger partial charge in [-0.15, -0.1) is 0 Å². The van der Waals surface area contributed by atoms with Crippen molar-refractivity contribution in [2.45, 2.75) is 18.7 Å². The predicted molar refractivity (Wildman–Crippen MR) is 118 cm³/mol. The highest BCUT2D eigenvalue weighted by molar-refractivity contribution is 7.90. The number of ether oxygens (including phenoxy) is 1. The number of nitrogens with zero attached hydrogens (tertiary/aromatic N) is 2. The number of hydrogen-bond donors (Lipinski definition) is 0. The van der Waals surface area contributed by atoms with E-state index in [1.54, 1.807) is 36.4 Å². The average molecular weight is 445 g/mol. The maximum atomic E-state index is 13.2. The van der Waals surface area contributed by atoms with E-state index in [1.807, 2.05) is 19.9 Å². The molecule has 0 saturated carbocycles. The quantitative estimate of drug-likeness (QED) is 0.529. The van der Waals surface area contributed by atoms with Crippen LogP contribution in [0.15, 0.2) is 76.1 Å². The molecule has 0 unspecified atom stereocenters. The lowest BCUT2D eigenvalue weighted by Crippen LogP contribution is -2.23. The van der Waals surface area contributed by atoms with Crippen LogP contribution in [-0.4, -0.2) is 31.1 Å². The molecule has 0 N–H and O–H groups in total. The fourth-order valence-electron chi connectivity index (χ4n) is 2.75. The van der Waals surface area contributed by atoms with Crippen molar-refractivity contribution >= 4 is 21.4 Å². The molecular weight excluding hydrogens is 424 g/mol. The fourth-order valence-corrected chi connectivity index (χ4v) is 3.56. The van der Waals surface area contributed by atoms with Crippen molar-refractivity contribution in [2.75, 3.05) is 12.9 Å². The van der Waals surface area contributed by atoms with Crippen molar-refractivity contribution in [2.24, 2.45) is 0 Å². The van der Waals surface area contributed by atoms with Crippen molar-refractivity contribution in [1.29, 1.82) is 0 Å². The van der Waals surface area contributed by atoms with Gasteiger partial charge in [0.2, 0.25) is 0 Å². The zero-order chi connectivity index (χ0) is 21.9. The van der Waals surface area contributed by atoms with Gasteiger partial charge in [0.05, 0.1) is 16.8 Å². The Kier molecular flexibility index (Phi) is 6.43. The van der Waals surface area contributed by atoms with Gasteiger partial charge in [-0.2, -0.15) is 9.78 Å². The van der Waals surface area contributed by atoms with Crippen LogP contribution in [0.25, 0.3) is 16.8 Å². The molecule has 3 aromatic rings. The molecule has 0 spiro atoms. The molecule has 156 valence electrons. The van der Waals surface area contributed by atoms with Crippen molar-refractivity contribution in [3.8, 4) is 22.6 Å². The topological polar surface area (TPSA) is 78.3 Å². The molecule has 8 heteroatoms. The van der Waals surface area contributed by atoms with Gasteiger partial charge in [0.1, 0.15) is 6.61 Å². The Bertz CT molecular complexity index is 1260. The molecule has 0 bridgehead atoms. The number of rotatable bonds is 6. The summed E-state index contributed by atoms with van der Waals surface area (Å²) in [6, 6.07) is 13.0. The van der Waals surface area contributed by atoms with Crippen LogP contribution in [0.5, 0.6) is 5.75 Å². The van der Waals surface area contributed by atoms with Crippen LogP contribution in [0.1, 0.15) is 13.8 Å². The monoisotopic (exact) mass is 444 g/mol. The van der Waals surface area contributed by atoms with E-state index < -0.39 is 15.4 Å². The Hall–Kier alpha value is -2.90. The van der Waals surface area contributed by atoms with Crippen LogP contribution in [-0.2, 0) is 9.84 Å². The minimum Gasteiger partial charge on any atom is -0.483 e. The summed E-state index contributed by atoms with van der Waals surface area (Å²) < 4.78 is 30.5. The average Bonchev–Trinajstić information content (AvgIpc) is 2.68. The highest BCUT2D eigenvalue weighted by Gasteiger charge is 2.17. The summed E-state index contributed by atoms with van der Waals surface area (Å²) in [4.78, 5) is 13.4. The Balaban J connectivity index is 2.13. The number of sulfone groups is 1. The molecule has 0 aliphatic rings. The Morgan fingerprint density at radius 3 is 2.47 bits per heavy atom. The third-order valence-electron chi connectivity index (χ3n) is 4.30. The lowest BCUT2D eigenvalue weighted by molar-refractivity contribution is 0.354. The van der Waals surface area contributed by atoms with Crippen LogP contribution in [0, 0.1) is 0 Å². The molecule has 0 fully saturated rings. The maximum absolute atomic E-state index is 13.2. The summed E-state index contributed by atoms with van der Waals surface area (Å²) in [5, 5.41) is 4.75. The molecule has 2 aromatic carbocycles. The van der Waals surface area contributed by atoms with E-state index in [1.165, 1.54) is 23.0 Å². The molecule has 0 radical (unpaired) electrons. The molecule has 3 rings (SSSR count). The lowest BCUT2D eigenvalue weighted by Gasteiger charge is -2.13. The molecule has 0 aliphatic carbocycles. The van der Waals surface area contributed by atoms with Gasteiger partial charge in [0.25, 0.3) is 0 Å². The second-order valence-electron chi connectivity index (χ2n) is 6.97. The first kappa shape index (κ1) is 21.8. The second kappa shape index (κ2) is 8.85. The zero-order valence-corrected chi connectivity index (χ0v) is 18.4. The number of benzene rings is 2. The minimum absolute atomic E-state index is 0.120. The smallest absolute Gasteiger partial charge is 0.314 e. The molecule has 1 heterocycles. The van der Waals surface area contributed by atoms with Gasteiger partial charge in [0, 0.05) is 16.8 Å². The number of hydrogen-bond acceptors (Lipinski definition) is 5. The molecule has 0 amide bonds. The molecular formula is C22H21ClN2O4S. The van der Waals surface area contributed by atoms with Crippen molar-refractivity contribution in [1.82, 2.24) is 9.78 Å². The van der Waals surface area contributed by atoms with E-state index >= 15 is 0 Å². The molecule has 0 aliphatic heterocycles. The van der Waals surface area contributed by atoms with E-state index in [2.05, 4.69) is 5.10 Å². The fraction of sp³-hybridized carbons (Fsp3) is 0.182. The Morgan fingerprint density at radius 2 is 1.87 bits per heavy atom. The van der Waals surface area contributed by atoms with Crippen LogP contribution >= 0.6 is 11.6 Å². The van der Waals surface area contributed by atoms with E-state index in [-0.39, 0.29) is 17.3 Å². The van der Waals surface area contributed by atoms with Crippen LogP contribution in [0.3, 0.4) is 0 Å². The summed E-state index contributed by atoms with van der Waals surface area (Å²) in [6.07, 6.45) is 4.53. The largest absolute Gasteiger partial charge is 0.483 e. The van der Waals surface area contributed by atoms with Gasteiger partial charge in [-0.05, 0) is 55.8 Å². The summed E-state index contributed by atoms with van der Waals surface area (Å²) in [6.45, 7) is 4.08. The first-order valence-electron chi connectivity index (χ1n) is 9.12. The molecule has 0 atom stereocenters. The van der Waals surface area contributed by atoms with E-state index in [4.69, 9.17) is 16.3 Å².